The van der Waals surface area contributed by atoms with Gasteiger partial charge in [0.2, 0.25) is 0 Å². The average Bonchev–Trinajstić information content (AvgIpc) is 2.91. The van der Waals surface area contributed by atoms with Crippen molar-refractivity contribution in [1.29, 1.82) is 0 Å². The zero-order chi connectivity index (χ0) is 18.7. The van der Waals surface area contributed by atoms with Crippen LogP contribution in [0.2, 0.25) is 0 Å². The molecular formula is C20H18FNO2S2. The van der Waals surface area contributed by atoms with Crippen molar-refractivity contribution in [3.05, 3.63) is 64.8 Å². The van der Waals surface area contributed by atoms with Crippen molar-refractivity contribution in [2.24, 2.45) is 0 Å². The van der Waals surface area contributed by atoms with E-state index in [-0.39, 0.29) is 17.7 Å². The number of carbonyl (C=O) groups is 1. The van der Waals surface area contributed by atoms with Crippen LogP contribution in [0.1, 0.15) is 25.8 Å². The number of halogens is 1. The molecule has 6 heteroatoms. The first-order valence-corrected chi connectivity index (χ1v) is 9.52. The molecule has 26 heavy (non-hydrogen) atoms. The summed E-state index contributed by atoms with van der Waals surface area (Å²) in [6, 6.07) is 13.6. The second-order valence-electron chi connectivity index (χ2n) is 5.84. The molecule has 0 spiro atoms. The maximum absolute atomic E-state index is 14.1. The van der Waals surface area contributed by atoms with E-state index in [0.717, 1.165) is 23.7 Å². The Balaban J connectivity index is 1.93. The van der Waals surface area contributed by atoms with Gasteiger partial charge in [0.05, 0.1) is 16.7 Å². The number of hydrogen-bond donors (Lipinski definition) is 0. The van der Waals surface area contributed by atoms with Crippen LogP contribution in [0.25, 0.3) is 6.08 Å². The van der Waals surface area contributed by atoms with Gasteiger partial charge in [0.25, 0.3) is 5.91 Å². The summed E-state index contributed by atoms with van der Waals surface area (Å²) in [4.78, 5) is 14.5. The lowest BCUT2D eigenvalue weighted by Gasteiger charge is -2.15. The first-order chi connectivity index (χ1) is 12.5. The van der Waals surface area contributed by atoms with Gasteiger partial charge in [-0.3, -0.25) is 9.69 Å². The molecule has 1 heterocycles. The van der Waals surface area contributed by atoms with Crippen molar-refractivity contribution in [1.82, 2.24) is 0 Å². The largest absolute Gasteiger partial charge is 0.490 e. The number of anilines is 1. The number of rotatable bonds is 5. The summed E-state index contributed by atoms with van der Waals surface area (Å²) in [6.45, 7) is 4.04. The lowest BCUT2D eigenvalue weighted by Crippen LogP contribution is -2.28. The number of nitrogens with zero attached hydrogens (tertiary/aromatic N) is 1. The van der Waals surface area contributed by atoms with Gasteiger partial charge in [-0.2, -0.15) is 0 Å². The zero-order valence-electron chi connectivity index (χ0n) is 14.4. The molecule has 1 atom stereocenters. The van der Waals surface area contributed by atoms with Gasteiger partial charge in [-0.25, -0.2) is 4.39 Å². The first kappa shape index (κ1) is 18.6. The smallest absolute Gasteiger partial charge is 0.270 e. The van der Waals surface area contributed by atoms with Crippen LogP contribution in [-0.4, -0.2) is 16.3 Å². The molecule has 0 aromatic heterocycles. The summed E-state index contributed by atoms with van der Waals surface area (Å²) in [6.07, 6.45) is 2.69. The zero-order valence-corrected chi connectivity index (χ0v) is 16.1. The van der Waals surface area contributed by atoms with Crippen molar-refractivity contribution in [2.75, 3.05) is 4.90 Å². The van der Waals surface area contributed by atoms with Crippen molar-refractivity contribution < 1.29 is 13.9 Å². The fourth-order valence-corrected chi connectivity index (χ4v) is 3.73. The summed E-state index contributed by atoms with van der Waals surface area (Å²) in [5.41, 5.74) is 0.962. The van der Waals surface area contributed by atoms with Crippen LogP contribution in [0.3, 0.4) is 0 Å². The molecule has 0 unspecified atom stereocenters. The van der Waals surface area contributed by atoms with Crippen LogP contribution in [0.5, 0.6) is 5.75 Å². The molecule has 1 fully saturated rings. The van der Waals surface area contributed by atoms with Crippen LogP contribution < -0.4 is 9.64 Å². The fourth-order valence-electron chi connectivity index (χ4n) is 2.46. The van der Waals surface area contributed by atoms with Crippen LogP contribution in [0.15, 0.2) is 53.4 Å². The summed E-state index contributed by atoms with van der Waals surface area (Å²) in [5.74, 6) is -0.105. The number of ether oxygens (including phenoxy) is 1. The minimum absolute atomic E-state index is 0.0671. The third kappa shape index (κ3) is 3.81. The third-order valence-corrected chi connectivity index (χ3v) is 5.30. The van der Waals surface area contributed by atoms with Crippen LogP contribution in [0.4, 0.5) is 10.1 Å². The van der Waals surface area contributed by atoms with Gasteiger partial charge in [0, 0.05) is 5.56 Å². The number of para-hydroxylation sites is 2. The number of hydrogen-bond acceptors (Lipinski definition) is 4. The van der Waals surface area contributed by atoms with Crippen molar-refractivity contribution in [3.8, 4) is 5.75 Å². The highest BCUT2D eigenvalue weighted by Crippen LogP contribution is 2.38. The monoisotopic (exact) mass is 387 g/mol. The number of thioether (sulfide) groups is 1. The van der Waals surface area contributed by atoms with Crippen molar-refractivity contribution in [3.63, 3.8) is 0 Å². The van der Waals surface area contributed by atoms with Crippen LogP contribution >= 0.6 is 24.0 Å². The van der Waals surface area contributed by atoms with E-state index in [2.05, 4.69) is 0 Å². The summed E-state index contributed by atoms with van der Waals surface area (Å²) < 4.78 is 20.3. The molecular weight excluding hydrogens is 369 g/mol. The van der Waals surface area contributed by atoms with E-state index in [1.807, 2.05) is 38.1 Å². The molecule has 0 radical (unpaired) electrons. The molecule has 3 rings (SSSR count). The first-order valence-electron chi connectivity index (χ1n) is 8.29. The second kappa shape index (κ2) is 8.01. The van der Waals surface area contributed by atoms with E-state index >= 15 is 0 Å². The SMILES string of the molecule is CC[C@@H](C)Oc1ccccc1/C=C1\SC(=S)N(c2ccccc2F)C1=O. The molecule has 0 saturated carbocycles. The van der Waals surface area contributed by atoms with Gasteiger partial charge in [0.1, 0.15) is 11.6 Å². The van der Waals surface area contributed by atoms with Gasteiger partial charge in [-0.1, -0.05) is 61.2 Å². The summed E-state index contributed by atoms with van der Waals surface area (Å²) in [7, 11) is 0. The highest BCUT2D eigenvalue weighted by atomic mass is 32.2. The molecule has 1 aliphatic rings. The van der Waals surface area contributed by atoms with Gasteiger partial charge in [-0.05, 0) is 37.6 Å². The van der Waals surface area contributed by atoms with Gasteiger partial charge in [-0.15, -0.1) is 0 Å². The van der Waals surface area contributed by atoms with Crippen molar-refractivity contribution in [2.45, 2.75) is 26.4 Å². The average molecular weight is 388 g/mol. The third-order valence-electron chi connectivity index (χ3n) is 4.00. The molecule has 134 valence electrons. The maximum atomic E-state index is 14.1. The van der Waals surface area contributed by atoms with Crippen LogP contribution in [-0.2, 0) is 4.79 Å². The van der Waals surface area contributed by atoms with Crippen molar-refractivity contribution >= 4 is 46.0 Å². The van der Waals surface area contributed by atoms with E-state index in [0.29, 0.717) is 15.0 Å². The second-order valence-corrected chi connectivity index (χ2v) is 7.52. The predicted octanol–water partition coefficient (Wildman–Crippen LogP) is 5.41. The van der Waals surface area contributed by atoms with Gasteiger partial charge >= 0.3 is 0 Å². The standard InChI is InChI=1S/C20H18FNO2S2/c1-3-13(2)24-17-11-7-4-8-14(17)12-18-19(23)22(20(25)26-18)16-10-6-5-9-15(16)21/h4-13H,3H2,1-2H3/b18-12-/t13-/m1/s1. The fraction of sp³-hybridized carbons (Fsp3) is 0.200. The quantitative estimate of drug-likeness (QED) is 0.507. The maximum Gasteiger partial charge on any atom is 0.270 e. The Labute approximate surface area is 161 Å². The Hall–Kier alpha value is -2.18. The summed E-state index contributed by atoms with van der Waals surface area (Å²) >= 11 is 6.46. The molecule has 1 amide bonds. The highest BCUT2D eigenvalue weighted by molar-refractivity contribution is 8.27. The molecule has 0 aliphatic carbocycles. The number of carbonyl (C=O) groups excluding carboxylic acids is 1. The van der Waals surface area contributed by atoms with Gasteiger partial charge in [0.15, 0.2) is 4.32 Å². The molecule has 2 aromatic carbocycles. The number of amides is 1. The van der Waals surface area contributed by atoms with E-state index in [4.69, 9.17) is 17.0 Å². The van der Waals surface area contributed by atoms with E-state index in [1.54, 1.807) is 24.3 Å². The Morgan fingerprint density at radius 1 is 1.23 bits per heavy atom. The normalized spacial score (nSPS) is 17.0. The minimum Gasteiger partial charge on any atom is -0.490 e. The molecule has 1 aliphatic heterocycles. The Morgan fingerprint density at radius 2 is 1.92 bits per heavy atom. The Bertz CT molecular complexity index is 882. The molecule has 3 nitrogen and oxygen atoms in total. The summed E-state index contributed by atoms with van der Waals surface area (Å²) in [5, 5.41) is 0. The lowest BCUT2D eigenvalue weighted by atomic mass is 10.1. The Kier molecular flexibility index (Phi) is 5.74. The molecule has 0 bridgehead atoms. The number of thiocarbonyl (C=S) groups is 1. The van der Waals surface area contributed by atoms with E-state index < -0.39 is 5.82 Å². The van der Waals surface area contributed by atoms with E-state index in [9.17, 15) is 9.18 Å². The van der Waals surface area contributed by atoms with E-state index in [1.165, 1.54) is 11.0 Å². The lowest BCUT2D eigenvalue weighted by molar-refractivity contribution is -0.113. The highest BCUT2D eigenvalue weighted by Gasteiger charge is 2.34. The van der Waals surface area contributed by atoms with Crippen LogP contribution in [0, 0.1) is 5.82 Å². The molecule has 0 N–H and O–H groups in total. The molecule has 1 saturated heterocycles. The van der Waals surface area contributed by atoms with Gasteiger partial charge < -0.3 is 4.74 Å². The predicted molar refractivity (Wildman–Crippen MR) is 109 cm³/mol. The Morgan fingerprint density at radius 3 is 2.65 bits per heavy atom. The molecule has 2 aromatic rings. The number of benzene rings is 2. The topological polar surface area (TPSA) is 29.5 Å². The minimum atomic E-state index is -0.481.